The van der Waals surface area contributed by atoms with Crippen molar-refractivity contribution in [1.82, 2.24) is 0 Å². The first-order valence-electron chi connectivity index (χ1n) is 8.04. The Labute approximate surface area is 158 Å². The lowest BCUT2D eigenvalue weighted by molar-refractivity contribution is 0.137. The summed E-state index contributed by atoms with van der Waals surface area (Å²) in [5.41, 5.74) is 2.27. The minimum atomic E-state index is 0.272. The Morgan fingerprint density at radius 3 is 2.38 bits per heavy atom. The Morgan fingerprint density at radius 2 is 1.71 bits per heavy atom. The summed E-state index contributed by atoms with van der Waals surface area (Å²) in [6.45, 7) is 1.66. The molecule has 1 heterocycles. The maximum absolute atomic E-state index is 6.49. The zero-order valence-electron chi connectivity index (χ0n) is 13.5. The molecule has 0 saturated carbocycles. The second-order valence-corrected chi connectivity index (χ2v) is 7.49. The van der Waals surface area contributed by atoms with Gasteiger partial charge in [0.25, 0.3) is 0 Å². The highest BCUT2D eigenvalue weighted by Crippen LogP contribution is 2.40. The molecule has 2 atom stereocenters. The number of benzene rings is 2. The summed E-state index contributed by atoms with van der Waals surface area (Å²) >= 11 is 18.6. The Bertz CT molecular complexity index is 690. The molecule has 2 aromatic carbocycles. The summed E-state index contributed by atoms with van der Waals surface area (Å²) in [6.07, 6.45) is 2.18. The monoisotopic (exact) mass is 383 g/mol. The van der Waals surface area contributed by atoms with E-state index >= 15 is 0 Å². The van der Waals surface area contributed by atoms with E-state index in [1.165, 1.54) is 5.56 Å². The molecule has 1 aliphatic rings. The van der Waals surface area contributed by atoms with E-state index in [0.29, 0.717) is 16.0 Å². The highest BCUT2D eigenvalue weighted by molar-refractivity contribution is 6.36. The predicted molar refractivity (Wildman–Crippen MR) is 103 cm³/mol. The number of hydrogen-bond acceptors (Lipinski definition) is 2. The first kappa shape index (κ1) is 17.9. The molecule has 0 N–H and O–H groups in total. The summed E-state index contributed by atoms with van der Waals surface area (Å²) in [7, 11) is 1.75. The van der Waals surface area contributed by atoms with E-state index in [0.717, 1.165) is 36.7 Å². The van der Waals surface area contributed by atoms with E-state index in [1.807, 2.05) is 24.3 Å². The van der Waals surface area contributed by atoms with Gasteiger partial charge in [-0.1, -0.05) is 46.9 Å². The first-order valence-corrected chi connectivity index (χ1v) is 9.18. The summed E-state index contributed by atoms with van der Waals surface area (Å²) in [5.74, 6) is 0.491. The second-order valence-electron chi connectivity index (χ2n) is 6.21. The van der Waals surface area contributed by atoms with Crippen LogP contribution in [0.25, 0.3) is 0 Å². The van der Waals surface area contributed by atoms with Crippen LogP contribution in [0.3, 0.4) is 0 Å². The third kappa shape index (κ3) is 4.00. The number of piperidine rings is 1. The van der Waals surface area contributed by atoms with Crippen molar-refractivity contribution in [1.29, 1.82) is 0 Å². The number of hydrogen-bond donors (Lipinski definition) is 0. The molecule has 2 aromatic rings. The van der Waals surface area contributed by atoms with Crippen LogP contribution < -0.4 is 4.90 Å². The van der Waals surface area contributed by atoms with E-state index < -0.39 is 0 Å². The lowest BCUT2D eigenvalue weighted by atomic mass is 9.89. The van der Waals surface area contributed by atoms with Crippen molar-refractivity contribution in [3.63, 3.8) is 0 Å². The van der Waals surface area contributed by atoms with Gasteiger partial charge >= 0.3 is 0 Å². The van der Waals surface area contributed by atoms with Gasteiger partial charge in [0.1, 0.15) is 0 Å². The maximum Gasteiger partial charge on any atom is 0.0654 e. The molecule has 3 rings (SSSR count). The van der Waals surface area contributed by atoms with E-state index in [4.69, 9.17) is 39.5 Å². The highest BCUT2D eigenvalue weighted by atomic mass is 35.5. The van der Waals surface area contributed by atoms with Gasteiger partial charge in [-0.15, -0.1) is 0 Å². The van der Waals surface area contributed by atoms with E-state index in [1.54, 1.807) is 13.2 Å². The number of rotatable bonds is 4. The standard InChI is InChI=1S/C19H20Cl3NO/c1-24-12-13-2-8-18(14-3-5-15(20)6-4-14)23(11-13)19-9-7-16(21)10-17(19)22/h3-7,9-10,13,18H,2,8,11-12H2,1H3/t13-,18-/m1/s1. The van der Waals surface area contributed by atoms with Crippen molar-refractivity contribution in [3.8, 4) is 0 Å². The van der Waals surface area contributed by atoms with Crippen LogP contribution in [0.4, 0.5) is 5.69 Å². The quantitative estimate of drug-likeness (QED) is 0.617. The number of halogens is 3. The number of ether oxygens (including phenoxy) is 1. The third-order valence-electron chi connectivity index (χ3n) is 4.56. The molecule has 2 nitrogen and oxygen atoms in total. The minimum Gasteiger partial charge on any atom is -0.384 e. The van der Waals surface area contributed by atoms with Gasteiger partial charge in [-0.3, -0.25) is 0 Å². The lowest BCUT2D eigenvalue weighted by Crippen LogP contribution is -2.39. The van der Waals surface area contributed by atoms with Gasteiger partial charge in [-0.25, -0.2) is 0 Å². The van der Waals surface area contributed by atoms with Gasteiger partial charge in [0.2, 0.25) is 0 Å². The molecule has 24 heavy (non-hydrogen) atoms. The third-order valence-corrected chi connectivity index (χ3v) is 5.35. The average Bonchev–Trinajstić information content (AvgIpc) is 2.56. The van der Waals surface area contributed by atoms with Crippen LogP contribution in [0.1, 0.15) is 24.4 Å². The highest BCUT2D eigenvalue weighted by Gasteiger charge is 2.30. The number of anilines is 1. The van der Waals surface area contributed by atoms with Gasteiger partial charge < -0.3 is 9.64 Å². The number of nitrogens with zero attached hydrogens (tertiary/aromatic N) is 1. The molecule has 0 amide bonds. The minimum absolute atomic E-state index is 0.272. The van der Waals surface area contributed by atoms with Gasteiger partial charge in [-0.2, -0.15) is 0 Å². The normalized spacial score (nSPS) is 21.1. The van der Waals surface area contributed by atoms with E-state index in [-0.39, 0.29) is 6.04 Å². The molecule has 0 unspecified atom stereocenters. The average molecular weight is 385 g/mol. The number of methoxy groups -OCH3 is 1. The Balaban J connectivity index is 1.95. The molecule has 0 aliphatic carbocycles. The lowest BCUT2D eigenvalue weighted by Gasteiger charge is -2.42. The van der Waals surface area contributed by atoms with E-state index in [9.17, 15) is 0 Å². The first-order chi connectivity index (χ1) is 11.6. The van der Waals surface area contributed by atoms with Crippen molar-refractivity contribution in [2.75, 3.05) is 25.2 Å². The molecule has 0 radical (unpaired) electrons. The van der Waals surface area contributed by atoms with E-state index in [2.05, 4.69) is 17.0 Å². The van der Waals surface area contributed by atoms with Crippen molar-refractivity contribution in [2.24, 2.45) is 5.92 Å². The van der Waals surface area contributed by atoms with Gasteiger partial charge in [0.05, 0.1) is 23.4 Å². The Morgan fingerprint density at radius 1 is 1.00 bits per heavy atom. The van der Waals surface area contributed by atoms with Crippen LogP contribution in [0.15, 0.2) is 42.5 Å². The van der Waals surface area contributed by atoms with Crippen molar-refractivity contribution >= 4 is 40.5 Å². The van der Waals surface area contributed by atoms with Crippen molar-refractivity contribution in [2.45, 2.75) is 18.9 Å². The van der Waals surface area contributed by atoms with Crippen LogP contribution in [0, 0.1) is 5.92 Å². The Hall–Kier alpha value is -0.930. The van der Waals surface area contributed by atoms with Crippen LogP contribution in [0.2, 0.25) is 15.1 Å². The fraction of sp³-hybridized carbons (Fsp3) is 0.368. The molecule has 0 spiro atoms. The second kappa shape index (κ2) is 7.97. The maximum atomic E-state index is 6.49. The molecular formula is C19H20Cl3NO. The fourth-order valence-corrected chi connectivity index (χ4v) is 4.07. The van der Waals surface area contributed by atoms with Crippen molar-refractivity contribution < 1.29 is 4.74 Å². The molecule has 0 bridgehead atoms. The summed E-state index contributed by atoms with van der Waals surface area (Å²) in [5, 5.41) is 2.08. The van der Waals surface area contributed by atoms with Crippen molar-refractivity contribution in [3.05, 3.63) is 63.1 Å². The molecule has 5 heteroatoms. The summed E-state index contributed by atoms with van der Waals surface area (Å²) in [6, 6.07) is 14.1. The zero-order chi connectivity index (χ0) is 17.1. The van der Waals surface area contributed by atoms with Crippen LogP contribution in [-0.4, -0.2) is 20.3 Å². The topological polar surface area (TPSA) is 12.5 Å². The van der Waals surface area contributed by atoms with Gasteiger partial charge in [0, 0.05) is 23.7 Å². The fourth-order valence-electron chi connectivity index (χ4n) is 3.43. The van der Waals surface area contributed by atoms with Crippen LogP contribution >= 0.6 is 34.8 Å². The Kier molecular flexibility index (Phi) is 5.93. The summed E-state index contributed by atoms with van der Waals surface area (Å²) < 4.78 is 5.37. The molecule has 1 aliphatic heterocycles. The largest absolute Gasteiger partial charge is 0.384 e. The van der Waals surface area contributed by atoms with Gasteiger partial charge in [-0.05, 0) is 54.7 Å². The molecule has 128 valence electrons. The smallest absolute Gasteiger partial charge is 0.0654 e. The molecule has 1 fully saturated rings. The zero-order valence-corrected chi connectivity index (χ0v) is 15.8. The van der Waals surface area contributed by atoms with Crippen LogP contribution in [0.5, 0.6) is 0 Å². The molecule has 0 aromatic heterocycles. The SMILES string of the molecule is COC[C@@H]1CC[C@H](c2ccc(Cl)cc2)N(c2ccc(Cl)cc2Cl)C1. The molecule has 1 saturated heterocycles. The predicted octanol–water partition coefficient (Wildman–Crippen LogP) is 6.25. The van der Waals surface area contributed by atoms with Gasteiger partial charge in [0.15, 0.2) is 0 Å². The summed E-state index contributed by atoms with van der Waals surface area (Å²) in [4.78, 5) is 2.37. The van der Waals surface area contributed by atoms with Crippen LogP contribution in [-0.2, 0) is 4.74 Å². The molecular weight excluding hydrogens is 365 g/mol.